The largest absolute Gasteiger partial charge is 0.444 e. The Morgan fingerprint density at radius 2 is 2.04 bits per heavy atom. The Kier molecular flexibility index (Phi) is 6.52. The van der Waals surface area contributed by atoms with E-state index in [-0.39, 0.29) is 16.3 Å². The molecule has 1 heterocycles. The van der Waals surface area contributed by atoms with Gasteiger partial charge >= 0.3 is 12.7 Å². The molecule has 0 saturated carbocycles. The lowest BCUT2D eigenvalue weighted by atomic mass is 10.1. The molecular weight excluding hydrogens is 424 g/mol. The van der Waals surface area contributed by atoms with E-state index >= 15 is 0 Å². The van der Waals surface area contributed by atoms with Crippen molar-refractivity contribution in [1.82, 2.24) is 4.90 Å². The molecule has 0 N–H and O–H groups in total. The number of alkyl halides is 2. The maximum absolute atomic E-state index is 12.9. The highest BCUT2D eigenvalue weighted by Crippen LogP contribution is 2.39. The number of carbonyl (C=O) groups is 1. The zero-order valence-corrected chi connectivity index (χ0v) is 17.2. The molecule has 0 aromatic heterocycles. The summed E-state index contributed by atoms with van der Waals surface area (Å²) in [6.45, 7) is 5.37. The summed E-state index contributed by atoms with van der Waals surface area (Å²) in [5.74, 6) is -0.0263. The molecule has 1 atom stereocenters. The second kappa shape index (κ2) is 8.30. The van der Waals surface area contributed by atoms with Crippen molar-refractivity contribution >= 4 is 27.7 Å². The number of nitriles is 1. The summed E-state index contributed by atoms with van der Waals surface area (Å²) in [7, 11) is 0. The number of anilines is 1. The van der Waals surface area contributed by atoms with Crippen molar-refractivity contribution in [3.8, 4) is 11.8 Å². The van der Waals surface area contributed by atoms with Crippen LogP contribution in [0, 0.1) is 11.3 Å². The smallest absolute Gasteiger partial charge is 0.410 e. The van der Waals surface area contributed by atoms with E-state index in [1.54, 1.807) is 25.7 Å². The van der Waals surface area contributed by atoms with E-state index in [1.807, 2.05) is 17.9 Å². The van der Waals surface area contributed by atoms with E-state index in [1.165, 1.54) is 12.1 Å². The van der Waals surface area contributed by atoms with Gasteiger partial charge in [0.25, 0.3) is 0 Å². The molecule has 1 aromatic rings. The quantitative estimate of drug-likeness (QED) is 0.690. The molecule has 148 valence electrons. The average molecular weight is 446 g/mol. The third kappa shape index (κ3) is 5.45. The lowest BCUT2D eigenvalue weighted by Gasteiger charge is -2.42. The van der Waals surface area contributed by atoms with E-state index < -0.39 is 18.3 Å². The van der Waals surface area contributed by atoms with Gasteiger partial charge in [0, 0.05) is 25.7 Å². The number of hydrogen-bond donors (Lipinski definition) is 0. The van der Waals surface area contributed by atoms with Crippen molar-refractivity contribution in [1.29, 1.82) is 5.26 Å². The number of benzene rings is 1. The molecule has 27 heavy (non-hydrogen) atoms. The summed E-state index contributed by atoms with van der Waals surface area (Å²) in [6.07, 6.45) is -0.412. The van der Waals surface area contributed by atoms with Gasteiger partial charge in [-0.15, -0.1) is 0 Å². The summed E-state index contributed by atoms with van der Waals surface area (Å²) >= 11 is 3.20. The fraction of sp³-hybridized carbons (Fsp3) is 0.556. The van der Waals surface area contributed by atoms with Crippen molar-refractivity contribution in [2.75, 3.05) is 24.5 Å². The lowest BCUT2D eigenvalue weighted by Crippen LogP contribution is -2.54. The number of hydrogen-bond acceptors (Lipinski definition) is 5. The highest BCUT2D eigenvalue weighted by atomic mass is 79.9. The number of piperazine rings is 1. The summed E-state index contributed by atoms with van der Waals surface area (Å²) in [6, 6.07) is 4.77. The zero-order valence-electron chi connectivity index (χ0n) is 15.6. The van der Waals surface area contributed by atoms with Crippen LogP contribution in [0.3, 0.4) is 0 Å². The standard InChI is InChI=1S/C18H22BrF2N3O3/c1-11-10-23(17(25)27-18(2,3)4)5-6-24(11)14-8-12(9-22)7-13(19)15(14)26-16(20)21/h7-8,11,16H,5-6,10H2,1-4H3/t11-/m0/s1. The Balaban J connectivity index is 2.26. The first kappa shape index (κ1) is 21.2. The second-order valence-electron chi connectivity index (χ2n) is 7.27. The molecule has 6 nitrogen and oxygen atoms in total. The summed E-state index contributed by atoms with van der Waals surface area (Å²) in [4.78, 5) is 15.7. The first-order valence-corrected chi connectivity index (χ1v) is 9.24. The number of amides is 1. The van der Waals surface area contributed by atoms with Crippen molar-refractivity contribution in [3.63, 3.8) is 0 Å². The van der Waals surface area contributed by atoms with Crippen LogP contribution in [0.15, 0.2) is 16.6 Å². The maximum Gasteiger partial charge on any atom is 0.410 e. The van der Waals surface area contributed by atoms with Gasteiger partial charge in [-0.2, -0.15) is 14.0 Å². The minimum absolute atomic E-state index is 0.0263. The molecule has 2 rings (SSSR count). The first-order valence-electron chi connectivity index (χ1n) is 8.45. The zero-order chi connectivity index (χ0) is 20.4. The first-order chi connectivity index (χ1) is 12.5. The molecule has 1 fully saturated rings. The molecule has 9 heteroatoms. The van der Waals surface area contributed by atoms with Crippen LogP contribution in [0.4, 0.5) is 19.3 Å². The van der Waals surface area contributed by atoms with Crippen LogP contribution in [0.25, 0.3) is 0 Å². The van der Waals surface area contributed by atoms with Gasteiger partial charge < -0.3 is 19.3 Å². The maximum atomic E-state index is 12.9. The third-order valence-electron chi connectivity index (χ3n) is 3.95. The van der Waals surface area contributed by atoms with Crippen LogP contribution in [-0.2, 0) is 4.74 Å². The van der Waals surface area contributed by atoms with Crippen LogP contribution in [0.1, 0.15) is 33.3 Å². The van der Waals surface area contributed by atoms with Gasteiger partial charge in [0.15, 0.2) is 5.75 Å². The van der Waals surface area contributed by atoms with Gasteiger partial charge in [-0.25, -0.2) is 4.79 Å². The molecule has 0 aliphatic carbocycles. The van der Waals surface area contributed by atoms with Gasteiger partial charge in [-0.3, -0.25) is 0 Å². The minimum Gasteiger partial charge on any atom is -0.444 e. The molecule has 0 spiro atoms. The van der Waals surface area contributed by atoms with Gasteiger partial charge in [0.2, 0.25) is 0 Å². The summed E-state index contributed by atoms with van der Waals surface area (Å²) < 4.78 is 36.1. The molecule has 0 bridgehead atoms. The number of ether oxygens (including phenoxy) is 2. The predicted molar refractivity (Wildman–Crippen MR) is 100 cm³/mol. The van der Waals surface area contributed by atoms with Crippen molar-refractivity contribution in [2.45, 2.75) is 45.9 Å². The van der Waals surface area contributed by atoms with Gasteiger partial charge in [-0.05, 0) is 55.8 Å². The minimum atomic E-state index is -2.99. The predicted octanol–water partition coefficient (Wildman–Crippen LogP) is 4.37. The Bertz CT molecular complexity index is 747. The normalized spacial score (nSPS) is 17.7. The molecule has 1 saturated heterocycles. The Morgan fingerprint density at radius 3 is 2.56 bits per heavy atom. The molecule has 1 aliphatic heterocycles. The summed E-state index contributed by atoms with van der Waals surface area (Å²) in [5, 5.41) is 9.20. The van der Waals surface area contributed by atoms with Crippen molar-refractivity contribution in [3.05, 3.63) is 22.2 Å². The van der Waals surface area contributed by atoms with Crippen LogP contribution in [0.5, 0.6) is 5.75 Å². The molecule has 0 radical (unpaired) electrons. The van der Waals surface area contributed by atoms with E-state index in [4.69, 9.17) is 4.74 Å². The van der Waals surface area contributed by atoms with Crippen molar-refractivity contribution < 1.29 is 23.0 Å². The third-order valence-corrected chi connectivity index (χ3v) is 4.54. The fourth-order valence-corrected chi connectivity index (χ4v) is 3.41. The number of nitrogens with zero attached hydrogens (tertiary/aromatic N) is 3. The Morgan fingerprint density at radius 1 is 1.37 bits per heavy atom. The second-order valence-corrected chi connectivity index (χ2v) is 8.12. The molecular formula is C18H22BrF2N3O3. The molecule has 0 unspecified atom stereocenters. The van der Waals surface area contributed by atoms with Crippen molar-refractivity contribution in [2.24, 2.45) is 0 Å². The Labute approximate surface area is 165 Å². The van der Waals surface area contributed by atoms with Crippen LogP contribution in [-0.4, -0.2) is 48.9 Å². The Hall–Kier alpha value is -2.08. The highest BCUT2D eigenvalue weighted by molar-refractivity contribution is 9.10. The van der Waals surface area contributed by atoms with Crippen LogP contribution >= 0.6 is 15.9 Å². The fourth-order valence-electron chi connectivity index (χ4n) is 2.87. The summed E-state index contributed by atoms with van der Waals surface area (Å²) in [5.41, 5.74) is 0.111. The number of carbonyl (C=O) groups excluding carboxylic acids is 1. The topological polar surface area (TPSA) is 65.8 Å². The molecule has 1 amide bonds. The number of halogens is 3. The van der Waals surface area contributed by atoms with E-state index in [9.17, 15) is 18.8 Å². The van der Waals surface area contributed by atoms with E-state index in [0.29, 0.717) is 30.9 Å². The van der Waals surface area contributed by atoms with E-state index in [0.717, 1.165) is 0 Å². The van der Waals surface area contributed by atoms with E-state index in [2.05, 4.69) is 20.7 Å². The van der Waals surface area contributed by atoms with Crippen LogP contribution < -0.4 is 9.64 Å². The monoisotopic (exact) mass is 445 g/mol. The average Bonchev–Trinajstić information content (AvgIpc) is 2.54. The highest BCUT2D eigenvalue weighted by Gasteiger charge is 2.32. The van der Waals surface area contributed by atoms with Gasteiger partial charge in [0.05, 0.1) is 21.8 Å². The molecule has 1 aromatic carbocycles. The van der Waals surface area contributed by atoms with Gasteiger partial charge in [0.1, 0.15) is 5.60 Å². The lowest BCUT2D eigenvalue weighted by molar-refractivity contribution is -0.0501. The van der Waals surface area contributed by atoms with Crippen LogP contribution in [0.2, 0.25) is 0 Å². The SMILES string of the molecule is C[C@H]1CN(C(=O)OC(C)(C)C)CCN1c1cc(C#N)cc(Br)c1OC(F)F. The number of rotatable bonds is 3. The molecule has 1 aliphatic rings. The van der Waals surface area contributed by atoms with Gasteiger partial charge in [-0.1, -0.05) is 0 Å².